The molecule has 0 unspecified atom stereocenters. The smallest absolute Gasteiger partial charge is 0.0789 e. The normalized spacial score (nSPS) is 21.7. The summed E-state index contributed by atoms with van der Waals surface area (Å²) in [4.78, 5) is 2.25. The zero-order valence-electron chi connectivity index (χ0n) is 11.9. The van der Waals surface area contributed by atoms with Gasteiger partial charge in [-0.2, -0.15) is 0 Å². The van der Waals surface area contributed by atoms with Crippen LogP contribution in [0.5, 0.6) is 0 Å². The van der Waals surface area contributed by atoms with Gasteiger partial charge in [0.2, 0.25) is 0 Å². The number of hydrogen-bond acceptors (Lipinski definition) is 2. The predicted molar refractivity (Wildman–Crippen MR) is 83.6 cm³/mol. The summed E-state index contributed by atoms with van der Waals surface area (Å²) in [5.74, 6) is 0. The quantitative estimate of drug-likeness (QED) is 0.818. The number of rotatable bonds is 1. The van der Waals surface area contributed by atoms with Gasteiger partial charge in [-0.25, -0.2) is 0 Å². The molecule has 1 saturated carbocycles. The first-order chi connectivity index (χ1) is 9.10. The molecular weight excluding hydrogens is 256 g/mol. The second-order valence-electron chi connectivity index (χ2n) is 6.32. The minimum absolute atomic E-state index is 0.314. The lowest BCUT2D eigenvalue weighted by molar-refractivity contribution is 0.319. The van der Waals surface area contributed by atoms with Crippen LogP contribution >= 0.6 is 11.6 Å². The Hall–Kier alpha value is -0.890. The highest BCUT2D eigenvalue weighted by Crippen LogP contribution is 2.44. The van der Waals surface area contributed by atoms with Crippen molar-refractivity contribution in [2.45, 2.75) is 44.4 Å². The van der Waals surface area contributed by atoms with E-state index in [1.165, 1.54) is 43.4 Å². The fourth-order valence-corrected chi connectivity index (χ4v) is 3.92. The van der Waals surface area contributed by atoms with Crippen molar-refractivity contribution in [3.63, 3.8) is 0 Å². The van der Waals surface area contributed by atoms with Gasteiger partial charge in [-0.1, -0.05) is 37.8 Å². The van der Waals surface area contributed by atoms with Crippen molar-refractivity contribution in [1.29, 1.82) is 0 Å². The number of halogens is 1. The third-order valence-electron chi connectivity index (χ3n) is 4.86. The van der Waals surface area contributed by atoms with E-state index >= 15 is 0 Å². The second-order valence-corrected chi connectivity index (χ2v) is 6.73. The molecule has 0 saturated heterocycles. The predicted octanol–water partition coefficient (Wildman–Crippen LogP) is 4.42. The van der Waals surface area contributed by atoms with E-state index in [1.807, 2.05) is 0 Å². The summed E-state index contributed by atoms with van der Waals surface area (Å²) in [6, 6.07) is 4.54. The Balaban J connectivity index is 2.02. The lowest BCUT2D eigenvalue weighted by Crippen LogP contribution is -2.32. The third-order valence-corrected chi connectivity index (χ3v) is 5.15. The van der Waals surface area contributed by atoms with E-state index in [4.69, 9.17) is 11.6 Å². The molecule has 3 heteroatoms. The number of anilines is 2. The lowest BCUT2D eigenvalue weighted by Gasteiger charge is -2.37. The van der Waals surface area contributed by atoms with Gasteiger partial charge < -0.3 is 10.2 Å². The van der Waals surface area contributed by atoms with Gasteiger partial charge in [0.15, 0.2) is 0 Å². The lowest BCUT2D eigenvalue weighted by atomic mass is 9.71. The third kappa shape index (κ3) is 2.31. The van der Waals surface area contributed by atoms with Crippen molar-refractivity contribution in [2.24, 2.45) is 0 Å². The number of likely N-dealkylation sites (N-methyl/N-ethyl adjacent to an activating group) is 1. The molecule has 2 nitrogen and oxygen atoms in total. The average molecular weight is 279 g/mol. The molecule has 19 heavy (non-hydrogen) atoms. The molecule has 0 spiro atoms. The molecule has 1 N–H and O–H groups in total. The summed E-state index contributed by atoms with van der Waals surface area (Å²) in [5.41, 5.74) is 4.10. The van der Waals surface area contributed by atoms with E-state index in [1.54, 1.807) is 0 Å². The summed E-state index contributed by atoms with van der Waals surface area (Å²) in [5, 5.41) is 4.40. The van der Waals surface area contributed by atoms with E-state index in [9.17, 15) is 0 Å². The van der Waals surface area contributed by atoms with Crippen LogP contribution in [0.2, 0.25) is 5.02 Å². The van der Waals surface area contributed by atoms with E-state index in [0.29, 0.717) is 5.41 Å². The molecule has 0 amide bonds. The first kappa shape index (κ1) is 13.1. The van der Waals surface area contributed by atoms with E-state index in [-0.39, 0.29) is 0 Å². The SMILES string of the molecule is CN1CCNc2cc(C3(C)CCCCC3)cc(Cl)c21. The van der Waals surface area contributed by atoms with Gasteiger partial charge in [0.25, 0.3) is 0 Å². The van der Waals surface area contributed by atoms with Gasteiger partial charge in [-0.3, -0.25) is 0 Å². The fraction of sp³-hybridized carbons (Fsp3) is 0.625. The van der Waals surface area contributed by atoms with Crippen LogP contribution in [-0.4, -0.2) is 20.1 Å². The van der Waals surface area contributed by atoms with Crippen molar-refractivity contribution in [2.75, 3.05) is 30.4 Å². The monoisotopic (exact) mass is 278 g/mol. The zero-order valence-corrected chi connectivity index (χ0v) is 12.7. The van der Waals surface area contributed by atoms with Gasteiger partial charge in [0.05, 0.1) is 16.4 Å². The summed E-state index contributed by atoms with van der Waals surface area (Å²) in [7, 11) is 2.12. The Labute approximate surface area is 121 Å². The van der Waals surface area contributed by atoms with Crippen LogP contribution in [0, 0.1) is 0 Å². The minimum Gasteiger partial charge on any atom is -0.382 e. The molecule has 1 fully saturated rings. The van der Waals surface area contributed by atoms with Crippen LogP contribution in [0.3, 0.4) is 0 Å². The molecule has 104 valence electrons. The van der Waals surface area contributed by atoms with Gasteiger partial charge >= 0.3 is 0 Å². The van der Waals surface area contributed by atoms with E-state index in [2.05, 4.69) is 36.3 Å². The molecular formula is C16H23ClN2. The van der Waals surface area contributed by atoms with Crippen molar-refractivity contribution in [3.8, 4) is 0 Å². The maximum absolute atomic E-state index is 6.54. The Bertz CT molecular complexity index is 478. The molecule has 1 aromatic rings. The van der Waals surface area contributed by atoms with Gasteiger partial charge in [0.1, 0.15) is 0 Å². The number of hydrogen-bond donors (Lipinski definition) is 1. The molecule has 1 aliphatic heterocycles. The Morgan fingerprint density at radius 3 is 2.68 bits per heavy atom. The maximum Gasteiger partial charge on any atom is 0.0789 e. The molecule has 1 heterocycles. The van der Waals surface area contributed by atoms with E-state index in [0.717, 1.165) is 23.8 Å². The summed E-state index contributed by atoms with van der Waals surface area (Å²) in [6.45, 7) is 4.42. The van der Waals surface area contributed by atoms with E-state index < -0.39 is 0 Å². The van der Waals surface area contributed by atoms with Crippen molar-refractivity contribution >= 4 is 23.0 Å². The van der Waals surface area contributed by atoms with Crippen LogP contribution in [0.1, 0.15) is 44.6 Å². The van der Waals surface area contributed by atoms with Crippen LogP contribution < -0.4 is 10.2 Å². The molecule has 3 rings (SSSR count). The largest absolute Gasteiger partial charge is 0.382 e. The van der Waals surface area contributed by atoms with Crippen molar-refractivity contribution in [1.82, 2.24) is 0 Å². The molecule has 1 aliphatic carbocycles. The fourth-order valence-electron chi connectivity index (χ4n) is 3.56. The first-order valence-corrected chi connectivity index (χ1v) is 7.77. The number of fused-ring (bicyclic) bond motifs is 1. The summed E-state index contributed by atoms with van der Waals surface area (Å²) < 4.78 is 0. The minimum atomic E-state index is 0.314. The van der Waals surface area contributed by atoms with Crippen molar-refractivity contribution < 1.29 is 0 Å². The van der Waals surface area contributed by atoms with Gasteiger partial charge in [0, 0.05) is 20.1 Å². The van der Waals surface area contributed by atoms with Gasteiger partial charge in [-0.05, 0) is 36.0 Å². The molecule has 0 aromatic heterocycles. The molecule has 0 bridgehead atoms. The molecule has 1 aromatic carbocycles. The number of nitrogens with one attached hydrogen (secondary N) is 1. The molecule has 0 atom stereocenters. The zero-order chi connectivity index (χ0) is 13.5. The first-order valence-electron chi connectivity index (χ1n) is 7.39. The average Bonchev–Trinajstić information content (AvgIpc) is 2.39. The molecule has 2 aliphatic rings. The highest BCUT2D eigenvalue weighted by atomic mass is 35.5. The Morgan fingerprint density at radius 2 is 1.95 bits per heavy atom. The van der Waals surface area contributed by atoms with Crippen LogP contribution in [0.4, 0.5) is 11.4 Å². The second kappa shape index (κ2) is 4.90. The van der Waals surface area contributed by atoms with Crippen molar-refractivity contribution in [3.05, 3.63) is 22.7 Å². The highest BCUT2D eigenvalue weighted by molar-refractivity contribution is 6.34. The van der Waals surface area contributed by atoms with Crippen LogP contribution in [0.15, 0.2) is 12.1 Å². The standard InChI is InChI=1S/C16H23ClN2/c1-16(6-4-3-5-7-16)12-10-13(17)15-14(11-12)18-8-9-19(15)2/h10-11,18H,3-9H2,1-2H3. The number of benzene rings is 1. The maximum atomic E-state index is 6.54. The molecule has 0 radical (unpaired) electrons. The highest BCUT2D eigenvalue weighted by Gasteiger charge is 2.30. The van der Waals surface area contributed by atoms with Crippen LogP contribution in [0.25, 0.3) is 0 Å². The Morgan fingerprint density at radius 1 is 1.21 bits per heavy atom. The summed E-state index contributed by atoms with van der Waals surface area (Å²) in [6.07, 6.45) is 6.65. The van der Waals surface area contributed by atoms with Crippen LogP contribution in [-0.2, 0) is 5.41 Å². The topological polar surface area (TPSA) is 15.3 Å². The number of nitrogens with zero attached hydrogens (tertiary/aromatic N) is 1. The summed E-state index contributed by atoms with van der Waals surface area (Å²) >= 11 is 6.54. The Kier molecular flexibility index (Phi) is 3.38. The van der Waals surface area contributed by atoms with Gasteiger partial charge in [-0.15, -0.1) is 0 Å².